The van der Waals surface area contributed by atoms with Crippen LogP contribution < -0.4 is 10.2 Å². The van der Waals surface area contributed by atoms with E-state index in [1.165, 1.54) is 11.3 Å². The highest BCUT2D eigenvalue weighted by molar-refractivity contribution is 9.10. The molecule has 1 heterocycles. The summed E-state index contributed by atoms with van der Waals surface area (Å²) in [7, 11) is 0. The predicted molar refractivity (Wildman–Crippen MR) is 97.8 cm³/mol. The zero-order valence-corrected chi connectivity index (χ0v) is 14.7. The fraction of sp³-hybridized carbons (Fsp3) is 0.125. The molecule has 1 aromatic heterocycles. The summed E-state index contributed by atoms with van der Waals surface area (Å²) in [6.45, 7) is 2.35. The van der Waals surface area contributed by atoms with Crippen LogP contribution in [-0.4, -0.2) is 22.9 Å². The van der Waals surface area contributed by atoms with E-state index in [1.54, 1.807) is 18.3 Å². The number of benzene rings is 2. The maximum Gasteiger partial charge on any atom is 0.204 e. The molecule has 0 amide bonds. The summed E-state index contributed by atoms with van der Waals surface area (Å²) in [5.41, 5.74) is 4.66. The molecule has 3 aromatic rings. The van der Waals surface area contributed by atoms with E-state index in [0.29, 0.717) is 12.4 Å². The Bertz CT molecular complexity index is 831. The molecular weight excluding hydrogens is 378 g/mol. The molecule has 0 radical (unpaired) electrons. The van der Waals surface area contributed by atoms with Crippen molar-refractivity contribution in [1.29, 1.82) is 0 Å². The molecule has 118 valence electrons. The molecule has 0 aliphatic carbocycles. The third-order valence-corrected chi connectivity index (χ3v) is 4.66. The van der Waals surface area contributed by atoms with E-state index >= 15 is 0 Å². The van der Waals surface area contributed by atoms with Gasteiger partial charge in [0.05, 0.1) is 23.0 Å². The number of hydrazone groups is 1. The quantitative estimate of drug-likeness (QED) is 0.492. The molecule has 0 aliphatic rings. The number of phenolic OH excluding ortho intramolecular Hbond substituents is 1. The Kier molecular flexibility index (Phi) is 4.78. The lowest BCUT2D eigenvalue weighted by Crippen LogP contribution is -1.95. The third-order valence-electron chi connectivity index (χ3n) is 3.04. The van der Waals surface area contributed by atoms with E-state index in [-0.39, 0.29) is 5.75 Å². The van der Waals surface area contributed by atoms with Crippen LogP contribution in [0.5, 0.6) is 11.5 Å². The number of aromatic nitrogens is 1. The van der Waals surface area contributed by atoms with E-state index in [1.807, 2.05) is 31.2 Å². The van der Waals surface area contributed by atoms with Crippen molar-refractivity contribution < 1.29 is 9.84 Å². The number of aromatic hydroxyl groups is 1. The van der Waals surface area contributed by atoms with Gasteiger partial charge in [0, 0.05) is 10.0 Å². The first kappa shape index (κ1) is 15.8. The van der Waals surface area contributed by atoms with E-state index in [2.05, 4.69) is 31.4 Å². The van der Waals surface area contributed by atoms with Gasteiger partial charge in [-0.1, -0.05) is 23.5 Å². The van der Waals surface area contributed by atoms with Crippen molar-refractivity contribution >= 4 is 48.8 Å². The van der Waals surface area contributed by atoms with Crippen LogP contribution in [0.2, 0.25) is 0 Å². The van der Waals surface area contributed by atoms with Gasteiger partial charge in [-0.05, 0) is 47.1 Å². The highest BCUT2D eigenvalue weighted by Gasteiger charge is 2.07. The largest absolute Gasteiger partial charge is 0.504 e. The number of hydrogen-bond donors (Lipinski definition) is 2. The SMILES string of the molecule is CCOc1cc(C=NNc2nc3ccccc3s2)c(Br)cc1O. The molecule has 0 unspecified atom stereocenters. The lowest BCUT2D eigenvalue weighted by molar-refractivity contribution is 0.318. The molecule has 0 bridgehead atoms. The number of fused-ring (bicyclic) bond motifs is 1. The van der Waals surface area contributed by atoms with Gasteiger partial charge in [-0.25, -0.2) is 4.98 Å². The number of hydrogen-bond acceptors (Lipinski definition) is 6. The van der Waals surface area contributed by atoms with E-state index in [0.717, 1.165) is 25.4 Å². The Hall–Kier alpha value is -2.12. The Balaban J connectivity index is 1.78. The first-order chi connectivity index (χ1) is 11.2. The number of para-hydroxylation sites is 1. The van der Waals surface area contributed by atoms with Crippen LogP contribution in [0, 0.1) is 0 Å². The van der Waals surface area contributed by atoms with E-state index < -0.39 is 0 Å². The summed E-state index contributed by atoms with van der Waals surface area (Å²) in [4.78, 5) is 4.44. The van der Waals surface area contributed by atoms with Crippen LogP contribution in [0.15, 0.2) is 46.0 Å². The summed E-state index contributed by atoms with van der Waals surface area (Å²) >= 11 is 4.94. The van der Waals surface area contributed by atoms with Gasteiger partial charge >= 0.3 is 0 Å². The van der Waals surface area contributed by atoms with Crippen LogP contribution in [-0.2, 0) is 0 Å². The standard InChI is InChI=1S/C16H14BrN3O2S/c1-2-22-14-7-10(11(17)8-13(14)21)9-18-20-16-19-12-5-3-4-6-15(12)23-16/h3-9,21H,2H2,1H3,(H,19,20). The average molecular weight is 392 g/mol. The number of thiazole rings is 1. The number of nitrogens with one attached hydrogen (secondary N) is 1. The Morgan fingerprint density at radius 1 is 1.39 bits per heavy atom. The van der Waals surface area contributed by atoms with Gasteiger partial charge in [0.2, 0.25) is 5.13 Å². The average Bonchev–Trinajstić information content (AvgIpc) is 2.94. The number of halogens is 1. The maximum atomic E-state index is 9.81. The topological polar surface area (TPSA) is 66.7 Å². The second-order valence-electron chi connectivity index (χ2n) is 4.63. The number of rotatable bonds is 5. The van der Waals surface area contributed by atoms with Gasteiger partial charge in [-0.3, -0.25) is 5.43 Å². The highest BCUT2D eigenvalue weighted by Crippen LogP contribution is 2.32. The van der Waals surface area contributed by atoms with Gasteiger partial charge < -0.3 is 9.84 Å². The number of nitrogens with zero attached hydrogens (tertiary/aromatic N) is 2. The van der Waals surface area contributed by atoms with Crippen LogP contribution in [0.4, 0.5) is 5.13 Å². The second-order valence-corrected chi connectivity index (χ2v) is 6.52. The minimum Gasteiger partial charge on any atom is -0.504 e. The molecule has 2 N–H and O–H groups in total. The second kappa shape index (κ2) is 6.97. The van der Waals surface area contributed by atoms with Gasteiger partial charge in [-0.15, -0.1) is 0 Å². The predicted octanol–water partition coefficient (Wildman–Crippen LogP) is 4.61. The fourth-order valence-corrected chi connectivity index (χ4v) is 3.25. The van der Waals surface area contributed by atoms with Crippen LogP contribution in [0.3, 0.4) is 0 Å². The summed E-state index contributed by atoms with van der Waals surface area (Å²) in [5.74, 6) is 0.521. The number of phenols is 1. The van der Waals surface area contributed by atoms with Gasteiger partial charge in [0.15, 0.2) is 11.5 Å². The Morgan fingerprint density at radius 3 is 3.00 bits per heavy atom. The molecule has 2 aromatic carbocycles. The lowest BCUT2D eigenvalue weighted by atomic mass is 10.2. The Morgan fingerprint density at radius 2 is 2.22 bits per heavy atom. The van der Waals surface area contributed by atoms with Crippen LogP contribution in [0.1, 0.15) is 12.5 Å². The number of anilines is 1. The summed E-state index contributed by atoms with van der Waals surface area (Å²) < 4.78 is 7.21. The zero-order chi connectivity index (χ0) is 16.2. The molecular formula is C16H14BrN3O2S. The van der Waals surface area contributed by atoms with E-state index in [4.69, 9.17) is 4.74 Å². The summed E-state index contributed by atoms with van der Waals surface area (Å²) in [5, 5.41) is 14.7. The van der Waals surface area contributed by atoms with Crippen molar-refractivity contribution in [2.45, 2.75) is 6.92 Å². The minimum absolute atomic E-state index is 0.0926. The molecule has 0 fully saturated rings. The summed E-state index contributed by atoms with van der Waals surface area (Å²) in [6.07, 6.45) is 1.65. The summed E-state index contributed by atoms with van der Waals surface area (Å²) in [6, 6.07) is 11.2. The fourth-order valence-electron chi connectivity index (χ4n) is 2.01. The molecule has 0 aliphatic heterocycles. The third kappa shape index (κ3) is 3.62. The van der Waals surface area contributed by atoms with Crippen molar-refractivity contribution in [1.82, 2.24) is 4.98 Å². The molecule has 7 heteroatoms. The first-order valence-electron chi connectivity index (χ1n) is 6.97. The molecule has 23 heavy (non-hydrogen) atoms. The van der Waals surface area contributed by atoms with Gasteiger partial charge in [-0.2, -0.15) is 5.10 Å². The lowest BCUT2D eigenvalue weighted by Gasteiger charge is -2.08. The van der Waals surface area contributed by atoms with Crippen molar-refractivity contribution in [3.63, 3.8) is 0 Å². The van der Waals surface area contributed by atoms with Crippen molar-refractivity contribution in [2.75, 3.05) is 12.0 Å². The van der Waals surface area contributed by atoms with E-state index in [9.17, 15) is 5.11 Å². The highest BCUT2D eigenvalue weighted by atomic mass is 79.9. The monoisotopic (exact) mass is 391 g/mol. The molecule has 0 atom stereocenters. The molecule has 0 saturated heterocycles. The minimum atomic E-state index is 0.0926. The normalized spacial score (nSPS) is 11.2. The smallest absolute Gasteiger partial charge is 0.204 e. The van der Waals surface area contributed by atoms with Gasteiger partial charge in [0.25, 0.3) is 0 Å². The first-order valence-corrected chi connectivity index (χ1v) is 8.58. The maximum absolute atomic E-state index is 9.81. The zero-order valence-electron chi connectivity index (χ0n) is 12.3. The molecule has 0 spiro atoms. The molecule has 3 rings (SSSR count). The Labute approximate surface area is 145 Å². The van der Waals surface area contributed by atoms with Crippen molar-refractivity contribution in [3.05, 3.63) is 46.4 Å². The van der Waals surface area contributed by atoms with Gasteiger partial charge in [0.1, 0.15) is 0 Å². The molecule has 5 nitrogen and oxygen atoms in total. The molecule has 0 saturated carbocycles. The number of ether oxygens (including phenoxy) is 1. The van der Waals surface area contributed by atoms with Crippen molar-refractivity contribution in [2.24, 2.45) is 5.10 Å². The van der Waals surface area contributed by atoms with Crippen LogP contribution in [0.25, 0.3) is 10.2 Å². The van der Waals surface area contributed by atoms with Crippen LogP contribution >= 0.6 is 27.3 Å². The van der Waals surface area contributed by atoms with Crippen molar-refractivity contribution in [3.8, 4) is 11.5 Å².